The minimum absolute atomic E-state index is 0.565. The van der Waals surface area contributed by atoms with Crippen LogP contribution in [0.2, 0.25) is 5.02 Å². The number of halogens is 1. The van der Waals surface area contributed by atoms with Gasteiger partial charge in [0.1, 0.15) is 36.3 Å². The number of hydrogen-bond donors (Lipinski definition) is 4. The first-order valence-corrected chi connectivity index (χ1v) is 9.63. The maximum Gasteiger partial charge on any atom is 0.119 e. The van der Waals surface area contributed by atoms with Crippen molar-refractivity contribution in [1.82, 2.24) is 0 Å². The van der Waals surface area contributed by atoms with Gasteiger partial charge in [-0.25, -0.2) is 0 Å². The summed E-state index contributed by atoms with van der Waals surface area (Å²) in [5.74, 6) is 0.802. The number of rotatable bonds is 7. The Labute approximate surface area is 168 Å². The first-order valence-electron chi connectivity index (χ1n) is 9.25. The van der Waals surface area contributed by atoms with Crippen molar-refractivity contribution in [3.63, 3.8) is 0 Å². The molecule has 4 N–H and O–H groups in total. The molecule has 6 nitrogen and oxygen atoms in total. The summed E-state index contributed by atoms with van der Waals surface area (Å²) in [7, 11) is 0. The summed E-state index contributed by atoms with van der Waals surface area (Å²) in [6.45, 7) is 1.97. The van der Waals surface area contributed by atoms with Crippen molar-refractivity contribution >= 4 is 11.6 Å². The molecule has 3 rings (SSSR count). The van der Waals surface area contributed by atoms with Crippen LogP contribution in [0.1, 0.15) is 29.7 Å². The van der Waals surface area contributed by atoms with Gasteiger partial charge in [0.05, 0.1) is 13.2 Å². The molecule has 2 aromatic rings. The van der Waals surface area contributed by atoms with Crippen LogP contribution in [0.5, 0.6) is 5.75 Å². The average Bonchev–Trinajstić information content (AvgIpc) is 3.00. The lowest BCUT2D eigenvalue weighted by molar-refractivity contribution is -0.0820. The van der Waals surface area contributed by atoms with Gasteiger partial charge >= 0.3 is 0 Å². The van der Waals surface area contributed by atoms with Crippen molar-refractivity contribution in [2.45, 2.75) is 43.9 Å². The molecule has 1 aliphatic heterocycles. The van der Waals surface area contributed by atoms with Crippen LogP contribution in [0.25, 0.3) is 0 Å². The van der Waals surface area contributed by atoms with Gasteiger partial charge in [0.2, 0.25) is 0 Å². The van der Waals surface area contributed by atoms with E-state index in [0.717, 1.165) is 16.9 Å². The normalized spacial score (nSPS) is 25.6. The molecule has 1 heterocycles. The number of ether oxygens (including phenoxy) is 2. The molecule has 0 aliphatic carbocycles. The zero-order valence-electron chi connectivity index (χ0n) is 15.5. The number of aliphatic hydroxyl groups is 4. The van der Waals surface area contributed by atoms with Crippen LogP contribution in [0.4, 0.5) is 0 Å². The van der Waals surface area contributed by atoms with Crippen LogP contribution >= 0.6 is 11.6 Å². The van der Waals surface area contributed by atoms with Gasteiger partial charge in [-0.1, -0.05) is 35.9 Å². The van der Waals surface area contributed by atoms with Crippen molar-refractivity contribution in [3.05, 3.63) is 64.2 Å². The predicted molar refractivity (Wildman–Crippen MR) is 105 cm³/mol. The Hall–Kier alpha value is -1.67. The van der Waals surface area contributed by atoms with E-state index in [4.69, 9.17) is 26.2 Å². The van der Waals surface area contributed by atoms with E-state index in [-0.39, 0.29) is 0 Å². The zero-order chi connectivity index (χ0) is 20.3. The van der Waals surface area contributed by atoms with Crippen molar-refractivity contribution in [2.24, 2.45) is 0 Å². The lowest BCUT2D eigenvalue weighted by atomic mass is 9.96. The van der Waals surface area contributed by atoms with E-state index in [9.17, 15) is 15.3 Å². The molecule has 0 amide bonds. The van der Waals surface area contributed by atoms with Gasteiger partial charge in [0.15, 0.2) is 0 Å². The first-order chi connectivity index (χ1) is 13.4. The van der Waals surface area contributed by atoms with Crippen LogP contribution in [0, 0.1) is 0 Å². The van der Waals surface area contributed by atoms with Crippen LogP contribution < -0.4 is 4.74 Å². The molecule has 0 aromatic heterocycles. The molecule has 2 aromatic carbocycles. The Balaban J connectivity index is 1.79. The van der Waals surface area contributed by atoms with Gasteiger partial charge in [0.25, 0.3) is 0 Å². The van der Waals surface area contributed by atoms with Gasteiger partial charge in [-0.05, 0) is 48.2 Å². The summed E-state index contributed by atoms with van der Waals surface area (Å²) in [6.07, 6.45) is -5.09. The maximum absolute atomic E-state index is 10.3. The molecule has 0 bridgehead atoms. The third-order valence-electron chi connectivity index (χ3n) is 4.89. The fraction of sp³-hybridized carbons (Fsp3) is 0.429. The van der Waals surface area contributed by atoms with Gasteiger partial charge < -0.3 is 29.9 Å². The molecule has 5 atom stereocenters. The molecular formula is C21H25ClO6. The number of hydrogen-bond acceptors (Lipinski definition) is 6. The highest BCUT2D eigenvalue weighted by atomic mass is 35.5. The molecule has 152 valence electrons. The molecular weight excluding hydrogens is 384 g/mol. The van der Waals surface area contributed by atoms with E-state index in [1.165, 1.54) is 0 Å². The quantitative estimate of drug-likeness (QED) is 0.558. The Morgan fingerprint density at radius 1 is 1.11 bits per heavy atom. The van der Waals surface area contributed by atoms with Crippen LogP contribution in [-0.4, -0.2) is 58.1 Å². The van der Waals surface area contributed by atoms with Gasteiger partial charge in [-0.2, -0.15) is 0 Å². The average molecular weight is 409 g/mol. The minimum atomic E-state index is -1.29. The summed E-state index contributed by atoms with van der Waals surface area (Å²) in [4.78, 5) is 0. The highest BCUT2D eigenvalue weighted by Crippen LogP contribution is 2.36. The topological polar surface area (TPSA) is 99.4 Å². The molecule has 0 saturated carbocycles. The van der Waals surface area contributed by atoms with Crippen molar-refractivity contribution in [2.75, 3.05) is 13.2 Å². The van der Waals surface area contributed by atoms with Crippen LogP contribution in [-0.2, 0) is 11.2 Å². The molecule has 1 aliphatic rings. The van der Waals surface area contributed by atoms with E-state index in [1.54, 1.807) is 12.1 Å². The zero-order valence-corrected chi connectivity index (χ0v) is 16.3. The van der Waals surface area contributed by atoms with Gasteiger partial charge in [0, 0.05) is 5.02 Å². The first kappa shape index (κ1) is 21.0. The molecule has 0 radical (unpaired) electrons. The Morgan fingerprint density at radius 3 is 2.46 bits per heavy atom. The third-order valence-corrected chi connectivity index (χ3v) is 5.26. The summed E-state index contributed by atoms with van der Waals surface area (Å²) < 4.78 is 11.1. The monoisotopic (exact) mass is 408 g/mol. The Morgan fingerprint density at radius 2 is 1.82 bits per heavy atom. The highest BCUT2D eigenvalue weighted by molar-refractivity contribution is 6.31. The molecule has 1 fully saturated rings. The van der Waals surface area contributed by atoms with E-state index in [0.29, 0.717) is 23.6 Å². The standard InChI is InChI=1S/C21H25ClO6/c1-2-27-15-6-3-12(4-7-15)9-14-10-13(5-8-16(14)22)20-18(25)19(26)21(28-20)17(24)11-23/h3-8,10,17-21,23-26H,2,9,11H2,1H3/t17?,18-,19-,20+,21?/m1/s1. The van der Waals surface area contributed by atoms with Crippen LogP contribution in [0.3, 0.4) is 0 Å². The second-order valence-electron chi connectivity index (χ2n) is 6.86. The second-order valence-corrected chi connectivity index (χ2v) is 7.26. The summed E-state index contributed by atoms with van der Waals surface area (Å²) in [5, 5.41) is 40.0. The maximum atomic E-state index is 10.3. The fourth-order valence-electron chi connectivity index (χ4n) is 3.40. The van der Waals surface area contributed by atoms with Crippen molar-refractivity contribution in [3.8, 4) is 5.75 Å². The molecule has 0 spiro atoms. The van der Waals surface area contributed by atoms with E-state index in [2.05, 4.69) is 0 Å². The summed E-state index contributed by atoms with van der Waals surface area (Å²) in [6, 6.07) is 13.0. The van der Waals surface area contributed by atoms with Crippen molar-refractivity contribution in [1.29, 1.82) is 0 Å². The molecule has 28 heavy (non-hydrogen) atoms. The van der Waals surface area contributed by atoms with Gasteiger partial charge in [-0.3, -0.25) is 0 Å². The Kier molecular flexibility index (Phi) is 6.93. The Bertz CT molecular complexity index is 781. The summed E-state index contributed by atoms with van der Waals surface area (Å²) >= 11 is 6.35. The second kappa shape index (κ2) is 9.22. The number of aliphatic hydroxyl groups excluding tert-OH is 4. The number of benzene rings is 2. The lowest BCUT2D eigenvalue weighted by Crippen LogP contribution is -2.40. The smallest absolute Gasteiger partial charge is 0.119 e. The third kappa shape index (κ3) is 4.49. The fourth-order valence-corrected chi connectivity index (χ4v) is 3.58. The van der Waals surface area contributed by atoms with Crippen LogP contribution in [0.15, 0.2) is 42.5 Å². The van der Waals surface area contributed by atoms with E-state index >= 15 is 0 Å². The largest absolute Gasteiger partial charge is 0.494 e. The van der Waals surface area contributed by atoms with E-state index < -0.39 is 37.1 Å². The predicted octanol–water partition coefficient (Wildman–Crippen LogP) is 1.84. The van der Waals surface area contributed by atoms with Crippen molar-refractivity contribution < 1.29 is 29.9 Å². The highest BCUT2D eigenvalue weighted by Gasteiger charge is 2.46. The van der Waals surface area contributed by atoms with Gasteiger partial charge in [-0.15, -0.1) is 0 Å². The molecule has 7 heteroatoms. The molecule has 1 saturated heterocycles. The minimum Gasteiger partial charge on any atom is -0.494 e. The SMILES string of the molecule is CCOc1ccc(Cc2cc([C@@H]3OC(C(O)CO)[C@H](O)[C@H]3O)ccc2Cl)cc1. The summed E-state index contributed by atoms with van der Waals surface area (Å²) in [5.41, 5.74) is 2.54. The lowest BCUT2D eigenvalue weighted by Gasteiger charge is -2.19. The molecule has 2 unspecified atom stereocenters. The van der Waals surface area contributed by atoms with E-state index in [1.807, 2.05) is 37.3 Å².